The third-order valence-corrected chi connectivity index (χ3v) is 3.76. The van der Waals surface area contributed by atoms with Gasteiger partial charge in [-0.1, -0.05) is 47.4 Å². The van der Waals surface area contributed by atoms with Crippen molar-refractivity contribution in [3.8, 4) is 0 Å². The monoisotopic (exact) mass is 360 g/mol. The largest absolute Gasteiger partial charge is 0.356 e. The van der Waals surface area contributed by atoms with Crippen molar-refractivity contribution in [1.29, 1.82) is 0 Å². The number of rotatable bonds is 7. The number of hydrogen-bond donors (Lipinski definition) is 2. The molecule has 0 aliphatic rings. The van der Waals surface area contributed by atoms with E-state index in [2.05, 4.69) is 40.4 Å². The maximum atomic E-state index is 11.6. The number of nitrogens with one attached hydrogen (secondary N) is 2. The molecule has 0 heterocycles. The van der Waals surface area contributed by atoms with Crippen molar-refractivity contribution >= 4 is 33.4 Å². The standard InChI is InChI=1S/C15H22BrClN2O/c1-10(2)9-19-15(20)6-7-18-11(3)13-5-4-12(16)8-14(13)17/h4-5,8,10-11,18H,6-7,9H2,1-3H3,(H,19,20). The Labute approximate surface area is 134 Å². The van der Waals surface area contributed by atoms with E-state index < -0.39 is 0 Å². The van der Waals surface area contributed by atoms with Crippen LogP contribution in [0, 0.1) is 5.92 Å². The van der Waals surface area contributed by atoms with Crippen LogP contribution >= 0.6 is 27.5 Å². The Bertz CT molecular complexity index is 451. The van der Waals surface area contributed by atoms with Crippen LogP contribution in [0.15, 0.2) is 22.7 Å². The SMILES string of the molecule is CC(C)CNC(=O)CCNC(C)c1ccc(Br)cc1Cl. The molecule has 0 spiro atoms. The van der Waals surface area contributed by atoms with Crippen LogP contribution in [0.4, 0.5) is 0 Å². The third kappa shape index (κ3) is 6.25. The fourth-order valence-electron chi connectivity index (χ4n) is 1.77. The van der Waals surface area contributed by atoms with Gasteiger partial charge in [0.15, 0.2) is 0 Å². The normalized spacial score (nSPS) is 12.5. The zero-order chi connectivity index (χ0) is 15.1. The topological polar surface area (TPSA) is 41.1 Å². The molecule has 20 heavy (non-hydrogen) atoms. The Morgan fingerprint density at radius 1 is 1.35 bits per heavy atom. The molecule has 0 saturated heterocycles. The lowest BCUT2D eigenvalue weighted by Gasteiger charge is -2.16. The summed E-state index contributed by atoms with van der Waals surface area (Å²) in [5.74, 6) is 0.563. The maximum Gasteiger partial charge on any atom is 0.221 e. The molecule has 0 aliphatic carbocycles. The summed E-state index contributed by atoms with van der Waals surface area (Å²) in [5.41, 5.74) is 1.04. The van der Waals surface area contributed by atoms with E-state index in [-0.39, 0.29) is 11.9 Å². The van der Waals surface area contributed by atoms with E-state index in [0.29, 0.717) is 18.9 Å². The van der Waals surface area contributed by atoms with Crippen LogP contribution in [-0.4, -0.2) is 19.0 Å². The van der Waals surface area contributed by atoms with Gasteiger partial charge in [0.05, 0.1) is 0 Å². The third-order valence-electron chi connectivity index (χ3n) is 2.94. The van der Waals surface area contributed by atoms with Crippen molar-refractivity contribution < 1.29 is 4.79 Å². The molecule has 0 aromatic heterocycles. The Kier molecular flexibility index (Phi) is 7.56. The van der Waals surface area contributed by atoms with E-state index in [0.717, 1.165) is 21.6 Å². The Hall–Kier alpha value is -0.580. The molecule has 0 fully saturated rings. The lowest BCUT2D eigenvalue weighted by molar-refractivity contribution is -0.121. The lowest BCUT2D eigenvalue weighted by Crippen LogP contribution is -2.31. The van der Waals surface area contributed by atoms with Gasteiger partial charge in [-0.25, -0.2) is 0 Å². The number of halogens is 2. The second kappa shape index (κ2) is 8.65. The second-order valence-electron chi connectivity index (χ2n) is 5.29. The highest BCUT2D eigenvalue weighted by atomic mass is 79.9. The predicted molar refractivity (Wildman–Crippen MR) is 88.0 cm³/mol. The molecule has 0 bridgehead atoms. The van der Waals surface area contributed by atoms with E-state index in [1.54, 1.807) is 0 Å². The van der Waals surface area contributed by atoms with Crippen molar-refractivity contribution in [3.63, 3.8) is 0 Å². The molecule has 5 heteroatoms. The molecule has 0 radical (unpaired) electrons. The van der Waals surface area contributed by atoms with E-state index in [9.17, 15) is 4.79 Å². The van der Waals surface area contributed by atoms with Gasteiger partial charge in [0.2, 0.25) is 5.91 Å². The van der Waals surface area contributed by atoms with Gasteiger partial charge in [0.25, 0.3) is 0 Å². The number of carbonyl (C=O) groups excluding carboxylic acids is 1. The zero-order valence-corrected chi connectivity index (χ0v) is 14.5. The Morgan fingerprint density at radius 2 is 2.05 bits per heavy atom. The first-order chi connectivity index (χ1) is 9.40. The van der Waals surface area contributed by atoms with Crippen LogP contribution < -0.4 is 10.6 Å². The summed E-state index contributed by atoms with van der Waals surface area (Å²) in [6.45, 7) is 7.57. The second-order valence-corrected chi connectivity index (χ2v) is 6.61. The number of carbonyl (C=O) groups is 1. The highest BCUT2D eigenvalue weighted by Crippen LogP contribution is 2.26. The number of amides is 1. The first kappa shape index (κ1) is 17.5. The first-order valence-corrected chi connectivity index (χ1v) is 8.02. The molecule has 1 atom stereocenters. The van der Waals surface area contributed by atoms with E-state index in [1.165, 1.54) is 0 Å². The molecule has 0 aliphatic heterocycles. The Balaban J connectivity index is 2.36. The van der Waals surface area contributed by atoms with Crippen LogP contribution in [-0.2, 0) is 4.79 Å². The minimum absolute atomic E-state index is 0.0836. The fourth-order valence-corrected chi connectivity index (χ4v) is 2.61. The highest BCUT2D eigenvalue weighted by molar-refractivity contribution is 9.10. The summed E-state index contributed by atoms with van der Waals surface area (Å²) in [7, 11) is 0. The molecule has 1 rings (SSSR count). The molecule has 1 amide bonds. The first-order valence-electron chi connectivity index (χ1n) is 6.85. The minimum atomic E-state index is 0.0836. The summed E-state index contributed by atoms with van der Waals surface area (Å²) in [4.78, 5) is 11.6. The van der Waals surface area contributed by atoms with Gasteiger partial charge < -0.3 is 10.6 Å². The van der Waals surface area contributed by atoms with Crippen molar-refractivity contribution in [2.45, 2.75) is 33.2 Å². The van der Waals surface area contributed by atoms with Gasteiger partial charge in [-0.2, -0.15) is 0 Å². The van der Waals surface area contributed by atoms with Gasteiger partial charge in [-0.3, -0.25) is 4.79 Å². The van der Waals surface area contributed by atoms with Crippen LogP contribution in [0.1, 0.15) is 38.8 Å². The average molecular weight is 362 g/mol. The minimum Gasteiger partial charge on any atom is -0.356 e. The molecule has 3 nitrogen and oxygen atoms in total. The fraction of sp³-hybridized carbons (Fsp3) is 0.533. The summed E-state index contributed by atoms with van der Waals surface area (Å²) < 4.78 is 0.964. The summed E-state index contributed by atoms with van der Waals surface area (Å²) in [6.07, 6.45) is 0.477. The van der Waals surface area contributed by atoms with E-state index in [1.807, 2.05) is 25.1 Å². The van der Waals surface area contributed by atoms with Crippen molar-refractivity contribution in [2.75, 3.05) is 13.1 Å². The molecular weight excluding hydrogens is 340 g/mol. The van der Waals surface area contributed by atoms with Crippen LogP contribution in [0.25, 0.3) is 0 Å². The molecule has 0 saturated carbocycles. The number of benzene rings is 1. The molecule has 112 valence electrons. The smallest absolute Gasteiger partial charge is 0.221 e. The van der Waals surface area contributed by atoms with Crippen molar-refractivity contribution in [3.05, 3.63) is 33.3 Å². The average Bonchev–Trinajstić information content (AvgIpc) is 2.36. The summed E-state index contributed by atoms with van der Waals surface area (Å²) in [6, 6.07) is 5.95. The van der Waals surface area contributed by atoms with Gasteiger partial charge >= 0.3 is 0 Å². The van der Waals surface area contributed by atoms with E-state index in [4.69, 9.17) is 11.6 Å². The van der Waals surface area contributed by atoms with Gasteiger partial charge in [-0.15, -0.1) is 0 Å². The lowest BCUT2D eigenvalue weighted by atomic mass is 10.1. The predicted octanol–water partition coefficient (Wildman–Crippen LogP) is 3.92. The van der Waals surface area contributed by atoms with Crippen LogP contribution in [0.3, 0.4) is 0 Å². The summed E-state index contributed by atoms with van der Waals surface area (Å²) in [5, 5.41) is 6.95. The number of hydrogen-bond acceptors (Lipinski definition) is 2. The molecule has 2 N–H and O–H groups in total. The quantitative estimate of drug-likeness (QED) is 0.773. The molecule has 1 unspecified atom stereocenters. The Morgan fingerprint density at radius 3 is 2.65 bits per heavy atom. The van der Waals surface area contributed by atoms with Gasteiger partial charge in [0.1, 0.15) is 0 Å². The highest BCUT2D eigenvalue weighted by Gasteiger charge is 2.10. The molecule has 1 aromatic carbocycles. The van der Waals surface area contributed by atoms with Crippen molar-refractivity contribution in [1.82, 2.24) is 10.6 Å². The van der Waals surface area contributed by atoms with Gasteiger partial charge in [-0.05, 0) is 30.5 Å². The maximum absolute atomic E-state index is 11.6. The zero-order valence-electron chi connectivity index (χ0n) is 12.2. The molecule has 1 aromatic rings. The summed E-state index contributed by atoms with van der Waals surface area (Å²) >= 11 is 9.59. The van der Waals surface area contributed by atoms with E-state index >= 15 is 0 Å². The molecular formula is C15H22BrClN2O. The van der Waals surface area contributed by atoms with Crippen molar-refractivity contribution in [2.24, 2.45) is 5.92 Å². The van der Waals surface area contributed by atoms with Crippen LogP contribution in [0.5, 0.6) is 0 Å². The van der Waals surface area contributed by atoms with Gasteiger partial charge in [0, 0.05) is 35.0 Å². The van der Waals surface area contributed by atoms with Crippen LogP contribution in [0.2, 0.25) is 5.02 Å².